The van der Waals surface area contributed by atoms with Gasteiger partial charge in [-0.15, -0.1) is 4.31 Å². The molecule has 0 aliphatic heterocycles. The van der Waals surface area contributed by atoms with Crippen molar-refractivity contribution in [3.05, 3.63) is 47.5 Å². The highest BCUT2D eigenvalue weighted by Gasteiger charge is 2.24. The monoisotopic (exact) mass is 435 g/mol. The van der Waals surface area contributed by atoms with Crippen molar-refractivity contribution in [1.82, 2.24) is 4.31 Å². The molecule has 0 aliphatic rings. The summed E-state index contributed by atoms with van der Waals surface area (Å²) in [5.74, 6) is 2.94. The van der Waals surface area contributed by atoms with Crippen LogP contribution in [0.5, 0.6) is 23.0 Å². The van der Waals surface area contributed by atoms with Crippen LogP contribution < -0.4 is 18.9 Å². The van der Waals surface area contributed by atoms with Crippen molar-refractivity contribution in [3.8, 4) is 23.0 Å². The summed E-state index contributed by atoms with van der Waals surface area (Å²) in [4.78, 5) is 10.8. The zero-order valence-electron chi connectivity index (χ0n) is 17.9. The highest BCUT2D eigenvalue weighted by Crippen LogP contribution is 2.30. The number of benzene rings is 2. The van der Waals surface area contributed by atoms with Crippen LogP contribution in [-0.2, 0) is 29.2 Å². The summed E-state index contributed by atoms with van der Waals surface area (Å²) in [5.41, 5.74) is 1.73. The van der Waals surface area contributed by atoms with Gasteiger partial charge in [0.05, 0.1) is 47.4 Å². The molecule has 0 N–H and O–H groups in total. The minimum atomic E-state index is -1.37. The molecule has 2 rings (SSSR count). The molecule has 30 heavy (non-hydrogen) atoms. The van der Waals surface area contributed by atoms with Crippen molar-refractivity contribution < 1.29 is 28.3 Å². The average molecular weight is 436 g/mol. The maximum atomic E-state index is 12.9. The first kappa shape index (κ1) is 23.9. The second kappa shape index (κ2) is 12.3. The molecule has 0 aliphatic carbocycles. The minimum absolute atomic E-state index is 0.225. The molecule has 0 spiro atoms. The van der Waals surface area contributed by atoms with Crippen molar-refractivity contribution in [3.63, 3.8) is 0 Å². The van der Waals surface area contributed by atoms with E-state index < -0.39 is 11.4 Å². The maximum Gasteiger partial charge on any atom is 0.132 e. The van der Waals surface area contributed by atoms with E-state index in [0.29, 0.717) is 42.7 Å². The molecule has 8 heteroatoms. The van der Waals surface area contributed by atoms with Crippen molar-refractivity contribution in [2.75, 3.05) is 33.7 Å². The normalized spacial score (nSPS) is 11.8. The molecule has 7 nitrogen and oxygen atoms in total. The molecular weight excluding hydrogens is 406 g/mol. The van der Waals surface area contributed by atoms with Gasteiger partial charge < -0.3 is 28.3 Å². The first-order chi connectivity index (χ1) is 14.6. The van der Waals surface area contributed by atoms with E-state index in [0.717, 1.165) is 17.4 Å². The average Bonchev–Trinajstić information content (AvgIpc) is 2.78. The topological polar surface area (TPSA) is 80.3 Å². The van der Waals surface area contributed by atoms with Gasteiger partial charge in [-0.1, -0.05) is 12.1 Å². The van der Waals surface area contributed by atoms with Crippen molar-refractivity contribution in [1.29, 1.82) is 0 Å². The summed E-state index contributed by atoms with van der Waals surface area (Å²) in [6.07, 6.45) is 1.00. The van der Waals surface area contributed by atoms with Crippen LogP contribution in [0.15, 0.2) is 36.4 Å². The third kappa shape index (κ3) is 6.55. The Kier molecular flexibility index (Phi) is 9.79. The first-order valence-corrected chi connectivity index (χ1v) is 10.9. The maximum absolute atomic E-state index is 12.9. The Bertz CT molecular complexity index is 816. The molecule has 0 aromatic heterocycles. The predicted molar refractivity (Wildman–Crippen MR) is 117 cm³/mol. The number of nitrogens with zero attached hydrogens (tertiary/aromatic N) is 1. The van der Waals surface area contributed by atoms with Gasteiger partial charge in [-0.25, -0.2) is 0 Å². The Morgan fingerprint density at radius 2 is 1.50 bits per heavy atom. The lowest BCUT2D eigenvalue weighted by Crippen LogP contribution is -2.32. The van der Waals surface area contributed by atoms with Crippen LogP contribution in [0.2, 0.25) is 0 Å². The number of carbonyl (C=O) groups excluding carboxylic acids is 1. The smallest absolute Gasteiger partial charge is 0.132 e. The molecule has 0 fully saturated rings. The van der Waals surface area contributed by atoms with Crippen molar-refractivity contribution >= 4 is 17.6 Å². The first-order valence-electron chi connectivity index (χ1n) is 9.63. The van der Waals surface area contributed by atoms with E-state index >= 15 is 0 Å². The Morgan fingerprint density at radius 1 is 0.933 bits per heavy atom. The van der Waals surface area contributed by atoms with Gasteiger partial charge in [-0.2, -0.15) is 0 Å². The second-order valence-electron chi connectivity index (χ2n) is 6.36. The van der Waals surface area contributed by atoms with Gasteiger partial charge in [0.2, 0.25) is 0 Å². The number of carbonyl (C=O) groups is 1. The third-order valence-corrected chi connectivity index (χ3v) is 5.87. The Hall–Kier alpha value is -2.42. The number of rotatable bonds is 13. The fourth-order valence-electron chi connectivity index (χ4n) is 2.95. The number of methoxy groups -OCH3 is 3. The molecule has 0 saturated heterocycles. The van der Waals surface area contributed by atoms with Crippen LogP contribution >= 0.6 is 0 Å². The van der Waals surface area contributed by atoms with Gasteiger partial charge in [0.1, 0.15) is 35.0 Å². The van der Waals surface area contributed by atoms with E-state index in [1.165, 1.54) is 0 Å². The molecule has 1 atom stereocenters. The quantitative estimate of drug-likeness (QED) is 0.352. The molecule has 0 bridgehead atoms. The molecular formula is C22H29NO6S. The van der Waals surface area contributed by atoms with Gasteiger partial charge >= 0.3 is 0 Å². The fourth-order valence-corrected chi connectivity index (χ4v) is 4.07. The summed E-state index contributed by atoms with van der Waals surface area (Å²) in [6.45, 7) is 3.22. The van der Waals surface area contributed by atoms with Crippen LogP contribution in [0.1, 0.15) is 24.5 Å². The van der Waals surface area contributed by atoms with Crippen LogP contribution in [0.4, 0.5) is 0 Å². The molecule has 164 valence electrons. The van der Waals surface area contributed by atoms with Gasteiger partial charge in [0.25, 0.3) is 0 Å². The molecule has 0 radical (unpaired) electrons. The molecule has 0 saturated carbocycles. The van der Waals surface area contributed by atoms with Gasteiger partial charge in [-0.3, -0.25) is 0 Å². The molecule has 0 heterocycles. The lowest BCUT2D eigenvalue weighted by molar-refractivity contribution is -0.107. The lowest BCUT2D eigenvalue weighted by Gasteiger charge is -2.26. The lowest BCUT2D eigenvalue weighted by atomic mass is 10.1. The summed E-state index contributed by atoms with van der Waals surface area (Å²) in [7, 11) is 4.77. The number of aldehydes is 1. The predicted octanol–water partition coefficient (Wildman–Crippen LogP) is 3.37. The Morgan fingerprint density at radius 3 is 2.00 bits per heavy atom. The van der Waals surface area contributed by atoms with Gasteiger partial charge in [0, 0.05) is 34.6 Å². The minimum Gasteiger partial charge on any atom is -0.598 e. The third-order valence-electron chi connectivity index (χ3n) is 4.46. The summed E-state index contributed by atoms with van der Waals surface area (Å²) in [6, 6.07) is 11.1. The van der Waals surface area contributed by atoms with Crippen molar-refractivity contribution in [2.24, 2.45) is 0 Å². The summed E-state index contributed by atoms with van der Waals surface area (Å²) in [5, 5.41) is 0. The molecule has 1 unspecified atom stereocenters. The Labute approximate surface area is 181 Å². The van der Waals surface area contributed by atoms with Gasteiger partial charge in [0.15, 0.2) is 0 Å². The highest BCUT2D eigenvalue weighted by atomic mass is 32.2. The SMILES string of the molecule is CCOc1ccc(CN(Cc2ccc(OC)cc2OC)[S+]([O-])CCC=O)c(OC)c1. The molecule has 2 aromatic carbocycles. The van der Waals surface area contributed by atoms with Crippen LogP contribution in [-0.4, -0.2) is 48.8 Å². The van der Waals surface area contributed by atoms with E-state index in [1.807, 2.05) is 37.3 Å². The van der Waals surface area contributed by atoms with Crippen molar-refractivity contribution in [2.45, 2.75) is 26.4 Å². The van der Waals surface area contributed by atoms with E-state index in [4.69, 9.17) is 18.9 Å². The van der Waals surface area contributed by atoms with E-state index in [9.17, 15) is 9.35 Å². The number of hydrogen-bond donors (Lipinski definition) is 0. The standard InChI is InChI=1S/C22H29NO6S/c1-5-29-20-10-8-18(22(14-20)28-4)16-23(30(25)12-6-11-24)15-17-7-9-19(26-2)13-21(17)27-3/h7-11,13-14H,5-6,12,15-16H2,1-4H3. The number of hydrogen-bond acceptors (Lipinski definition) is 7. The Balaban J connectivity index is 2.31. The van der Waals surface area contributed by atoms with Crippen LogP contribution in [0.25, 0.3) is 0 Å². The summed E-state index contributed by atoms with van der Waals surface area (Å²) < 4.78 is 36.5. The second-order valence-corrected chi connectivity index (χ2v) is 7.93. The fraction of sp³-hybridized carbons (Fsp3) is 0.409. The molecule has 2 aromatic rings. The number of ether oxygens (including phenoxy) is 4. The largest absolute Gasteiger partial charge is 0.598 e. The zero-order chi connectivity index (χ0) is 21.9. The van der Waals surface area contributed by atoms with E-state index in [1.54, 1.807) is 31.7 Å². The van der Waals surface area contributed by atoms with E-state index in [2.05, 4.69) is 0 Å². The zero-order valence-corrected chi connectivity index (χ0v) is 18.7. The molecule has 0 amide bonds. The summed E-state index contributed by atoms with van der Waals surface area (Å²) >= 11 is -1.37. The highest BCUT2D eigenvalue weighted by molar-refractivity contribution is 7.89. The van der Waals surface area contributed by atoms with Crippen LogP contribution in [0, 0.1) is 0 Å². The van der Waals surface area contributed by atoms with Crippen LogP contribution in [0.3, 0.4) is 0 Å². The van der Waals surface area contributed by atoms with E-state index in [-0.39, 0.29) is 12.2 Å². The van der Waals surface area contributed by atoms with Gasteiger partial charge in [-0.05, 0) is 19.1 Å².